The Bertz CT molecular complexity index is 1400. The molecule has 3 heterocycles. The first-order chi connectivity index (χ1) is 17.8. The highest BCUT2D eigenvalue weighted by atomic mass is 32.2. The van der Waals surface area contributed by atoms with E-state index in [1.165, 1.54) is 16.4 Å². The maximum atomic E-state index is 13.5. The number of hydrogen-bond acceptors (Lipinski definition) is 7. The quantitative estimate of drug-likeness (QED) is 0.363. The first kappa shape index (κ1) is 27.3. The Morgan fingerprint density at radius 3 is 2.76 bits per heavy atom. The van der Waals surface area contributed by atoms with Crippen molar-refractivity contribution in [1.29, 1.82) is 0 Å². The molecule has 0 radical (unpaired) electrons. The fourth-order valence-electron chi connectivity index (χ4n) is 4.91. The summed E-state index contributed by atoms with van der Waals surface area (Å²) in [5.41, 5.74) is 1.04. The van der Waals surface area contributed by atoms with Crippen molar-refractivity contribution in [2.75, 3.05) is 26.3 Å². The van der Waals surface area contributed by atoms with Crippen molar-refractivity contribution in [2.45, 2.75) is 70.6 Å². The summed E-state index contributed by atoms with van der Waals surface area (Å²) in [5, 5.41) is 14.3. The molecule has 1 aromatic carbocycles. The molecule has 202 valence electrons. The standard InChI is InChI=1S/C26H37N5O5S/c1-4-6-7-8-11-23-27-18(3)24-26(33)28-25(29-31(23)24)21-15-20(12-13-22(21)36-5-2)37(34,35)30-14-9-10-19(16-30)17-32/h12-13,15,19,32H,4-11,14,16-17H2,1-3H3,(H,28,29,33). The number of ether oxygens (including phenoxy) is 1. The number of aromatic nitrogens is 4. The molecule has 2 N–H and O–H groups in total. The fraction of sp³-hybridized carbons (Fsp3) is 0.577. The SMILES string of the molecule is CCCCCCc1nc(C)c2c(=O)[nH]c(-c3cc(S(=O)(=O)N4CCCC(CO)C4)ccc3OCC)nn12. The Labute approximate surface area is 217 Å². The van der Waals surface area contributed by atoms with Gasteiger partial charge in [-0.1, -0.05) is 26.2 Å². The van der Waals surface area contributed by atoms with E-state index in [1.54, 1.807) is 17.5 Å². The minimum atomic E-state index is -3.81. The highest BCUT2D eigenvalue weighted by Gasteiger charge is 2.31. The molecule has 0 aliphatic carbocycles. The molecule has 0 spiro atoms. The Hall–Kier alpha value is -2.76. The molecule has 1 saturated heterocycles. The molecular weight excluding hydrogens is 494 g/mol. The lowest BCUT2D eigenvalue weighted by Crippen LogP contribution is -2.40. The second kappa shape index (κ2) is 11.7. The van der Waals surface area contributed by atoms with Crippen molar-refractivity contribution in [3.8, 4) is 17.1 Å². The highest BCUT2D eigenvalue weighted by Crippen LogP contribution is 2.32. The van der Waals surface area contributed by atoms with Crippen molar-refractivity contribution >= 4 is 15.5 Å². The molecule has 0 amide bonds. The predicted molar refractivity (Wildman–Crippen MR) is 141 cm³/mol. The van der Waals surface area contributed by atoms with Gasteiger partial charge in [-0.3, -0.25) is 4.79 Å². The van der Waals surface area contributed by atoms with E-state index in [4.69, 9.17) is 9.84 Å². The topological polar surface area (TPSA) is 130 Å². The Balaban J connectivity index is 1.78. The lowest BCUT2D eigenvalue weighted by molar-refractivity contribution is 0.165. The Morgan fingerprint density at radius 2 is 2.03 bits per heavy atom. The molecule has 1 unspecified atom stereocenters. The number of rotatable bonds is 11. The molecular formula is C26H37N5O5S. The average Bonchev–Trinajstić information content (AvgIpc) is 3.22. The van der Waals surface area contributed by atoms with E-state index in [9.17, 15) is 18.3 Å². The predicted octanol–water partition coefficient (Wildman–Crippen LogP) is 3.31. The zero-order valence-electron chi connectivity index (χ0n) is 21.9. The van der Waals surface area contributed by atoms with E-state index in [2.05, 4.69) is 16.9 Å². The van der Waals surface area contributed by atoms with Gasteiger partial charge < -0.3 is 14.8 Å². The van der Waals surface area contributed by atoms with Crippen LogP contribution in [0.3, 0.4) is 0 Å². The van der Waals surface area contributed by atoms with E-state index in [-0.39, 0.29) is 35.3 Å². The van der Waals surface area contributed by atoms with E-state index >= 15 is 0 Å². The molecule has 10 nitrogen and oxygen atoms in total. The number of imidazole rings is 1. The second-order valence-electron chi connectivity index (χ2n) is 9.63. The lowest BCUT2D eigenvalue weighted by Gasteiger charge is -2.31. The molecule has 0 bridgehead atoms. The van der Waals surface area contributed by atoms with Gasteiger partial charge in [0.05, 0.1) is 22.8 Å². The van der Waals surface area contributed by atoms with E-state index in [0.717, 1.165) is 32.1 Å². The van der Waals surface area contributed by atoms with Gasteiger partial charge in [-0.25, -0.2) is 17.9 Å². The second-order valence-corrected chi connectivity index (χ2v) is 11.6. The van der Waals surface area contributed by atoms with Crippen LogP contribution in [0.4, 0.5) is 0 Å². The summed E-state index contributed by atoms with van der Waals surface area (Å²) in [4.78, 5) is 20.6. The molecule has 2 aromatic heterocycles. The van der Waals surface area contributed by atoms with Gasteiger partial charge in [0.25, 0.3) is 5.56 Å². The summed E-state index contributed by atoms with van der Waals surface area (Å²) in [7, 11) is -3.81. The van der Waals surface area contributed by atoms with Crippen LogP contribution in [0.15, 0.2) is 27.9 Å². The van der Waals surface area contributed by atoms with Gasteiger partial charge in [-0.15, -0.1) is 5.10 Å². The molecule has 1 aliphatic rings. The van der Waals surface area contributed by atoms with Crippen LogP contribution < -0.4 is 10.3 Å². The van der Waals surface area contributed by atoms with Crippen LogP contribution in [0.1, 0.15) is 63.9 Å². The maximum absolute atomic E-state index is 13.5. The van der Waals surface area contributed by atoms with E-state index < -0.39 is 10.0 Å². The number of fused-ring (bicyclic) bond motifs is 1. The molecule has 4 rings (SSSR count). The third-order valence-corrected chi connectivity index (χ3v) is 8.74. The van der Waals surface area contributed by atoms with Crippen molar-refractivity contribution in [2.24, 2.45) is 5.92 Å². The number of aryl methyl sites for hydroxylation is 2. The van der Waals surface area contributed by atoms with Crippen molar-refractivity contribution in [3.63, 3.8) is 0 Å². The number of piperidine rings is 1. The van der Waals surface area contributed by atoms with Crippen molar-refractivity contribution in [3.05, 3.63) is 40.1 Å². The summed E-state index contributed by atoms with van der Waals surface area (Å²) >= 11 is 0. The minimum absolute atomic E-state index is 0.0448. The summed E-state index contributed by atoms with van der Waals surface area (Å²) < 4.78 is 35.8. The van der Waals surface area contributed by atoms with Crippen LogP contribution in [-0.2, 0) is 16.4 Å². The van der Waals surface area contributed by atoms with E-state index in [1.807, 2.05) is 6.92 Å². The average molecular weight is 532 g/mol. The summed E-state index contributed by atoms with van der Waals surface area (Å²) in [5.74, 6) is 1.28. The van der Waals surface area contributed by atoms with E-state index in [0.29, 0.717) is 54.3 Å². The smallest absolute Gasteiger partial charge is 0.277 e. The molecule has 1 aliphatic heterocycles. The molecule has 11 heteroatoms. The monoisotopic (exact) mass is 531 g/mol. The number of nitrogens with one attached hydrogen (secondary N) is 1. The third-order valence-electron chi connectivity index (χ3n) is 6.88. The Morgan fingerprint density at radius 1 is 1.22 bits per heavy atom. The molecule has 37 heavy (non-hydrogen) atoms. The summed E-state index contributed by atoms with van der Waals surface area (Å²) in [6.07, 6.45) is 6.46. The normalized spacial score (nSPS) is 16.9. The van der Waals surface area contributed by atoms with Crippen molar-refractivity contribution in [1.82, 2.24) is 23.9 Å². The number of unbranched alkanes of at least 4 members (excludes halogenated alkanes) is 3. The first-order valence-corrected chi connectivity index (χ1v) is 14.6. The summed E-state index contributed by atoms with van der Waals surface area (Å²) in [6, 6.07) is 4.63. The van der Waals surface area contributed by atoms with Crippen LogP contribution in [0.25, 0.3) is 16.9 Å². The molecule has 1 atom stereocenters. The number of aliphatic hydroxyl groups excluding tert-OH is 1. The fourth-order valence-corrected chi connectivity index (χ4v) is 6.49. The molecule has 0 saturated carbocycles. The lowest BCUT2D eigenvalue weighted by atomic mass is 10.0. The third kappa shape index (κ3) is 5.73. The van der Waals surface area contributed by atoms with Gasteiger partial charge >= 0.3 is 0 Å². The van der Waals surface area contributed by atoms with Gasteiger partial charge in [0.1, 0.15) is 11.6 Å². The zero-order valence-corrected chi connectivity index (χ0v) is 22.7. The number of H-pyrrole nitrogens is 1. The first-order valence-electron chi connectivity index (χ1n) is 13.2. The number of aromatic amines is 1. The Kier molecular flexibility index (Phi) is 8.66. The maximum Gasteiger partial charge on any atom is 0.277 e. The number of aliphatic hydroxyl groups is 1. The van der Waals surface area contributed by atoms with Gasteiger partial charge in [-0.05, 0) is 57.2 Å². The number of hydrogen-bond donors (Lipinski definition) is 2. The molecule has 1 fully saturated rings. The van der Waals surface area contributed by atoms with Crippen molar-refractivity contribution < 1.29 is 18.3 Å². The largest absolute Gasteiger partial charge is 0.493 e. The van der Waals surface area contributed by atoms with Gasteiger partial charge in [0.15, 0.2) is 11.3 Å². The van der Waals surface area contributed by atoms with Crippen LogP contribution in [0, 0.1) is 12.8 Å². The van der Waals surface area contributed by atoms with Crippen LogP contribution in [0.2, 0.25) is 0 Å². The number of sulfonamides is 1. The van der Waals surface area contributed by atoms with Crippen LogP contribution in [0.5, 0.6) is 5.75 Å². The number of nitrogens with zero attached hydrogens (tertiary/aromatic N) is 4. The summed E-state index contributed by atoms with van der Waals surface area (Å²) in [6.45, 7) is 6.78. The van der Waals surface area contributed by atoms with Gasteiger partial charge in [0.2, 0.25) is 10.0 Å². The number of benzene rings is 1. The molecule has 3 aromatic rings. The van der Waals surface area contributed by atoms with Crippen LogP contribution >= 0.6 is 0 Å². The van der Waals surface area contributed by atoms with Gasteiger partial charge in [-0.2, -0.15) is 4.31 Å². The highest BCUT2D eigenvalue weighted by molar-refractivity contribution is 7.89. The van der Waals surface area contributed by atoms with Crippen LogP contribution in [-0.4, -0.2) is 63.7 Å². The van der Waals surface area contributed by atoms with Gasteiger partial charge in [0, 0.05) is 26.1 Å². The zero-order chi connectivity index (χ0) is 26.6. The minimum Gasteiger partial charge on any atom is -0.493 e.